The van der Waals surface area contributed by atoms with Crippen molar-refractivity contribution >= 4 is 24.5 Å². The van der Waals surface area contributed by atoms with E-state index in [0.29, 0.717) is 16.6 Å². The Morgan fingerprint density at radius 2 is 1.62 bits per heavy atom. The molecule has 0 spiro atoms. The summed E-state index contributed by atoms with van der Waals surface area (Å²) in [6.45, 7) is 13.2. The molecule has 0 N–H and O–H groups in total. The second-order valence-electron chi connectivity index (χ2n) is 9.12. The zero-order valence-electron chi connectivity index (χ0n) is 18.6. The molecule has 1 saturated heterocycles. The Balaban J connectivity index is 2.18. The fourth-order valence-electron chi connectivity index (χ4n) is 2.78. The second kappa shape index (κ2) is 8.46. The van der Waals surface area contributed by atoms with E-state index in [-0.39, 0.29) is 13.2 Å². The lowest BCUT2D eigenvalue weighted by Crippen LogP contribution is -2.41. The maximum Gasteiger partial charge on any atom is 0.494 e. The van der Waals surface area contributed by atoms with E-state index in [0.717, 1.165) is 0 Å². The minimum Gasteiger partial charge on any atom is -0.465 e. The van der Waals surface area contributed by atoms with E-state index in [1.165, 1.54) is 7.11 Å². The molecule has 7 nitrogen and oxygen atoms in total. The Hall–Kier alpha value is -1.90. The fraction of sp³-hybridized carbons (Fsp3) is 0.619. The van der Waals surface area contributed by atoms with Gasteiger partial charge in [-0.2, -0.15) is 0 Å². The van der Waals surface area contributed by atoms with Crippen molar-refractivity contribution in [2.45, 2.75) is 71.9 Å². The van der Waals surface area contributed by atoms with Gasteiger partial charge < -0.3 is 23.5 Å². The van der Waals surface area contributed by atoms with Crippen LogP contribution in [0.15, 0.2) is 18.2 Å². The average Bonchev–Trinajstić information content (AvgIpc) is 2.80. The third-order valence-electron chi connectivity index (χ3n) is 4.87. The molecule has 8 heteroatoms. The van der Waals surface area contributed by atoms with E-state index in [1.807, 2.05) is 33.8 Å². The average molecular weight is 406 g/mol. The maximum atomic E-state index is 12.1. The first-order valence-electron chi connectivity index (χ1n) is 9.61. The molecule has 1 aromatic carbocycles. The Morgan fingerprint density at radius 3 is 2.14 bits per heavy atom. The third kappa shape index (κ3) is 6.04. The van der Waals surface area contributed by atoms with Crippen LogP contribution in [0.4, 0.5) is 0 Å². The van der Waals surface area contributed by atoms with Gasteiger partial charge in [-0.15, -0.1) is 0 Å². The van der Waals surface area contributed by atoms with Crippen LogP contribution in [0.25, 0.3) is 0 Å². The zero-order chi connectivity index (χ0) is 22.0. The van der Waals surface area contributed by atoms with Gasteiger partial charge in [0.1, 0.15) is 12.2 Å². The van der Waals surface area contributed by atoms with E-state index in [1.54, 1.807) is 32.9 Å². The van der Waals surface area contributed by atoms with Crippen LogP contribution in [0.1, 0.15) is 64.4 Å². The van der Waals surface area contributed by atoms with Crippen LogP contribution in [0.3, 0.4) is 0 Å². The number of carbonyl (C=O) groups is 2. The minimum atomic E-state index is -0.630. The van der Waals surface area contributed by atoms with Gasteiger partial charge in [-0.3, -0.25) is 0 Å². The van der Waals surface area contributed by atoms with E-state index in [9.17, 15) is 9.59 Å². The SMILES string of the molecule is COC(=O)c1cc(COCC(=O)OC(C)(C)C)cc(B2OC(C)(C)C(C)(C)O2)c1. The van der Waals surface area contributed by atoms with Crippen LogP contribution in [0.5, 0.6) is 0 Å². The van der Waals surface area contributed by atoms with E-state index < -0.39 is 35.9 Å². The maximum absolute atomic E-state index is 12.1. The molecule has 0 aliphatic carbocycles. The summed E-state index contributed by atoms with van der Waals surface area (Å²) < 4.78 is 27.7. The summed E-state index contributed by atoms with van der Waals surface area (Å²) in [6, 6.07) is 5.19. The van der Waals surface area contributed by atoms with Crippen LogP contribution in [0, 0.1) is 0 Å². The third-order valence-corrected chi connectivity index (χ3v) is 4.87. The van der Waals surface area contributed by atoms with Crippen LogP contribution in [0.2, 0.25) is 0 Å². The van der Waals surface area contributed by atoms with Gasteiger partial charge in [0.25, 0.3) is 0 Å². The normalized spacial score (nSPS) is 17.9. The van der Waals surface area contributed by atoms with Gasteiger partial charge in [0.05, 0.1) is 30.5 Å². The number of hydrogen-bond donors (Lipinski definition) is 0. The highest BCUT2D eigenvalue weighted by Gasteiger charge is 2.51. The molecule has 1 aromatic rings. The summed E-state index contributed by atoms with van der Waals surface area (Å²) in [5, 5.41) is 0. The van der Waals surface area contributed by atoms with Crippen molar-refractivity contribution < 1.29 is 33.1 Å². The van der Waals surface area contributed by atoms with Crippen LogP contribution >= 0.6 is 0 Å². The fourth-order valence-corrected chi connectivity index (χ4v) is 2.78. The zero-order valence-corrected chi connectivity index (χ0v) is 18.6. The molecule has 160 valence electrons. The van der Waals surface area contributed by atoms with Gasteiger partial charge in [-0.05, 0) is 71.6 Å². The molecule has 2 rings (SSSR count). The van der Waals surface area contributed by atoms with Crippen molar-refractivity contribution in [2.24, 2.45) is 0 Å². The topological polar surface area (TPSA) is 80.3 Å². The molecule has 29 heavy (non-hydrogen) atoms. The minimum absolute atomic E-state index is 0.122. The molecule has 1 aliphatic rings. The molecule has 0 bridgehead atoms. The Labute approximate surface area is 173 Å². The molecule has 0 amide bonds. The largest absolute Gasteiger partial charge is 0.494 e. The number of benzene rings is 1. The first-order valence-corrected chi connectivity index (χ1v) is 9.61. The molecule has 1 heterocycles. The predicted molar refractivity (Wildman–Crippen MR) is 109 cm³/mol. The van der Waals surface area contributed by atoms with Crippen molar-refractivity contribution in [3.63, 3.8) is 0 Å². The van der Waals surface area contributed by atoms with E-state index in [4.69, 9.17) is 23.5 Å². The lowest BCUT2D eigenvalue weighted by molar-refractivity contribution is -0.160. The van der Waals surface area contributed by atoms with Crippen molar-refractivity contribution in [1.82, 2.24) is 0 Å². The molecule has 0 unspecified atom stereocenters. The summed E-state index contributed by atoms with van der Waals surface area (Å²) >= 11 is 0. The second-order valence-corrected chi connectivity index (χ2v) is 9.12. The first-order chi connectivity index (χ1) is 13.2. The predicted octanol–water partition coefficient (Wildman–Crippen LogP) is 2.63. The molecular formula is C21H31BO7. The number of ether oxygens (including phenoxy) is 3. The number of carbonyl (C=O) groups excluding carboxylic acids is 2. The standard InChI is InChI=1S/C21H31BO7/c1-19(2,3)27-17(23)13-26-12-14-9-15(18(24)25-8)11-16(10-14)22-28-20(4,5)21(6,7)29-22/h9-11H,12-13H2,1-8H3. The Morgan fingerprint density at radius 1 is 1.03 bits per heavy atom. The van der Waals surface area contributed by atoms with E-state index >= 15 is 0 Å². The summed E-state index contributed by atoms with van der Waals surface area (Å²) in [4.78, 5) is 23.9. The number of rotatable bonds is 6. The molecular weight excluding hydrogens is 375 g/mol. The molecule has 0 atom stereocenters. The molecule has 0 saturated carbocycles. The summed E-state index contributed by atoms with van der Waals surface area (Å²) in [5.74, 6) is -0.926. The van der Waals surface area contributed by atoms with Crippen LogP contribution < -0.4 is 5.46 Å². The van der Waals surface area contributed by atoms with Crippen molar-refractivity contribution in [2.75, 3.05) is 13.7 Å². The van der Waals surface area contributed by atoms with Gasteiger partial charge in [0.15, 0.2) is 0 Å². The van der Waals surface area contributed by atoms with Crippen LogP contribution in [-0.4, -0.2) is 49.6 Å². The summed E-state index contributed by atoms with van der Waals surface area (Å²) in [7, 11) is 0.692. The van der Waals surface area contributed by atoms with Gasteiger partial charge >= 0.3 is 19.1 Å². The van der Waals surface area contributed by atoms with Crippen LogP contribution in [-0.2, 0) is 34.9 Å². The Kier molecular flexibility index (Phi) is 6.82. The lowest BCUT2D eigenvalue weighted by atomic mass is 9.77. The summed E-state index contributed by atoms with van der Waals surface area (Å²) in [5.41, 5.74) is 0.146. The molecule has 0 radical (unpaired) electrons. The van der Waals surface area contributed by atoms with Gasteiger partial charge in [0, 0.05) is 0 Å². The first kappa shape index (κ1) is 23.4. The smallest absolute Gasteiger partial charge is 0.465 e. The van der Waals surface area contributed by atoms with Crippen molar-refractivity contribution in [3.8, 4) is 0 Å². The van der Waals surface area contributed by atoms with Gasteiger partial charge in [0.2, 0.25) is 0 Å². The van der Waals surface area contributed by atoms with Crippen molar-refractivity contribution in [1.29, 1.82) is 0 Å². The highest BCUT2D eigenvalue weighted by atomic mass is 16.7. The number of methoxy groups -OCH3 is 1. The monoisotopic (exact) mass is 406 g/mol. The highest BCUT2D eigenvalue weighted by molar-refractivity contribution is 6.62. The molecule has 1 aliphatic heterocycles. The molecule has 0 aromatic heterocycles. The van der Waals surface area contributed by atoms with Gasteiger partial charge in [-0.25, -0.2) is 9.59 Å². The molecule has 1 fully saturated rings. The van der Waals surface area contributed by atoms with Gasteiger partial charge in [-0.1, -0.05) is 6.07 Å². The van der Waals surface area contributed by atoms with E-state index in [2.05, 4.69) is 0 Å². The summed E-state index contributed by atoms with van der Waals surface area (Å²) in [6.07, 6.45) is 0. The van der Waals surface area contributed by atoms with Crippen molar-refractivity contribution in [3.05, 3.63) is 29.3 Å². The lowest BCUT2D eigenvalue weighted by Gasteiger charge is -2.32. The highest BCUT2D eigenvalue weighted by Crippen LogP contribution is 2.36. The Bertz CT molecular complexity index is 749. The number of esters is 2. The quantitative estimate of drug-likeness (QED) is 0.531. The number of hydrogen-bond acceptors (Lipinski definition) is 7.